The van der Waals surface area contributed by atoms with E-state index in [0.717, 1.165) is 0 Å². The molecule has 0 aromatic carbocycles. The SMILES string of the molecule is COC(=O)C(N)CS(=O)O. The summed E-state index contributed by atoms with van der Waals surface area (Å²) in [5.74, 6) is -0.963. The normalized spacial score (nSPS) is 15.9. The molecule has 0 rings (SSSR count). The van der Waals surface area contributed by atoms with E-state index in [-0.39, 0.29) is 5.75 Å². The van der Waals surface area contributed by atoms with Gasteiger partial charge < -0.3 is 15.0 Å². The van der Waals surface area contributed by atoms with Crippen LogP contribution in [0.25, 0.3) is 0 Å². The lowest BCUT2D eigenvalue weighted by Gasteiger charge is -2.04. The molecule has 0 aliphatic carbocycles. The van der Waals surface area contributed by atoms with Crippen LogP contribution in [0.1, 0.15) is 0 Å². The number of hydrogen-bond donors (Lipinski definition) is 2. The van der Waals surface area contributed by atoms with Crippen LogP contribution < -0.4 is 5.73 Å². The lowest BCUT2D eigenvalue weighted by atomic mass is 10.4. The molecule has 0 heterocycles. The summed E-state index contributed by atoms with van der Waals surface area (Å²) in [4.78, 5) is 10.5. The van der Waals surface area contributed by atoms with E-state index < -0.39 is 23.1 Å². The summed E-state index contributed by atoms with van der Waals surface area (Å²) < 4.78 is 22.5. The van der Waals surface area contributed by atoms with Gasteiger partial charge >= 0.3 is 5.97 Å². The molecule has 2 unspecified atom stereocenters. The summed E-state index contributed by atoms with van der Waals surface area (Å²) in [5.41, 5.74) is 5.10. The van der Waals surface area contributed by atoms with Crippen molar-refractivity contribution in [3.8, 4) is 0 Å². The number of carbonyl (C=O) groups is 1. The van der Waals surface area contributed by atoms with Crippen molar-refractivity contribution >= 4 is 17.0 Å². The summed E-state index contributed by atoms with van der Waals surface area (Å²) in [6.07, 6.45) is 0. The fourth-order valence-corrected chi connectivity index (χ4v) is 0.816. The highest BCUT2D eigenvalue weighted by Gasteiger charge is 2.15. The van der Waals surface area contributed by atoms with Crippen molar-refractivity contribution < 1.29 is 18.3 Å². The average Bonchev–Trinajstić information content (AvgIpc) is 1.85. The first kappa shape index (κ1) is 9.54. The molecule has 0 saturated carbocycles. The standard InChI is InChI=1S/C4H9NO4S/c1-9-4(6)3(5)2-10(7)8/h3H,2,5H2,1H3,(H,7,8). The fourth-order valence-electron chi connectivity index (χ4n) is 0.373. The molecule has 0 saturated heterocycles. The summed E-state index contributed by atoms with van der Waals surface area (Å²) in [5, 5.41) is 0. The smallest absolute Gasteiger partial charge is 0.323 e. The van der Waals surface area contributed by atoms with Gasteiger partial charge in [0.1, 0.15) is 6.04 Å². The molecular weight excluding hydrogens is 158 g/mol. The number of esters is 1. The van der Waals surface area contributed by atoms with Gasteiger partial charge in [-0.25, -0.2) is 4.21 Å². The maximum absolute atomic E-state index is 10.5. The largest absolute Gasteiger partial charge is 0.468 e. The number of methoxy groups -OCH3 is 1. The van der Waals surface area contributed by atoms with E-state index in [9.17, 15) is 9.00 Å². The molecular formula is C4H9NO4S. The lowest BCUT2D eigenvalue weighted by molar-refractivity contribution is -0.141. The van der Waals surface area contributed by atoms with Crippen LogP contribution in [0.4, 0.5) is 0 Å². The highest BCUT2D eigenvalue weighted by Crippen LogP contribution is 1.85. The highest BCUT2D eigenvalue weighted by atomic mass is 32.2. The zero-order chi connectivity index (χ0) is 8.15. The van der Waals surface area contributed by atoms with E-state index in [1.165, 1.54) is 7.11 Å². The maximum atomic E-state index is 10.5. The molecule has 0 aliphatic heterocycles. The Morgan fingerprint density at radius 2 is 2.40 bits per heavy atom. The molecule has 0 bridgehead atoms. The minimum atomic E-state index is -2.04. The van der Waals surface area contributed by atoms with Gasteiger partial charge in [-0.05, 0) is 0 Å². The first-order chi connectivity index (χ1) is 4.57. The first-order valence-corrected chi connectivity index (χ1v) is 3.76. The Kier molecular flexibility index (Phi) is 4.17. The van der Waals surface area contributed by atoms with Gasteiger partial charge in [0.05, 0.1) is 12.9 Å². The Morgan fingerprint density at radius 3 is 2.70 bits per heavy atom. The quantitative estimate of drug-likeness (QED) is 0.403. The third-order valence-corrected chi connectivity index (χ3v) is 1.47. The molecule has 0 fully saturated rings. The van der Waals surface area contributed by atoms with Crippen molar-refractivity contribution in [3.63, 3.8) is 0 Å². The van der Waals surface area contributed by atoms with Gasteiger partial charge in [0.25, 0.3) is 0 Å². The van der Waals surface area contributed by atoms with Gasteiger partial charge in [-0.3, -0.25) is 4.79 Å². The van der Waals surface area contributed by atoms with Crippen LogP contribution >= 0.6 is 0 Å². The van der Waals surface area contributed by atoms with E-state index in [2.05, 4.69) is 4.74 Å². The molecule has 60 valence electrons. The van der Waals surface area contributed by atoms with Crippen molar-refractivity contribution in [2.45, 2.75) is 6.04 Å². The zero-order valence-electron chi connectivity index (χ0n) is 5.44. The minimum Gasteiger partial charge on any atom is -0.468 e. The Labute approximate surface area is 60.8 Å². The fraction of sp³-hybridized carbons (Fsp3) is 0.750. The van der Waals surface area contributed by atoms with Gasteiger partial charge in [-0.2, -0.15) is 0 Å². The van der Waals surface area contributed by atoms with Gasteiger partial charge in [0, 0.05) is 0 Å². The number of nitrogens with two attached hydrogens (primary N) is 1. The monoisotopic (exact) mass is 167 g/mol. The van der Waals surface area contributed by atoms with Crippen LogP contribution in [0.3, 0.4) is 0 Å². The first-order valence-electron chi connectivity index (χ1n) is 2.48. The second-order valence-electron chi connectivity index (χ2n) is 1.62. The van der Waals surface area contributed by atoms with Crippen LogP contribution in [-0.4, -0.2) is 33.6 Å². The predicted molar refractivity (Wildman–Crippen MR) is 35.6 cm³/mol. The van der Waals surface area contributed by atoms with E-state index in [1.807, 2.05) is 0 Å². The van der Waals surface area contributed by atoms with E-state index >= 15 is 0 Å². The molecule has 0 spiro atoms. The molecule has 0 aromatic heterocycles. The van der Waals surface area contributed by atoms with Crippen LogP contribution in [0.2, 0.25) is 0 Å². The van der Waals surface area contributed by atoms with Crippen LogP contribution in [0.5, 0.6) is 0 Å². The van der Waals surface area contributed by atoms with Crippen molar-refractivity contribution in [1.29, 1.82) is 0 Å². The molecule has 0 aromatic rings. The third-order valence-electron chi connectivity index (χ3n) is 0.826. The Morgan fingerprint density at radius 1 is 1.90 bits per heavy atom. The van der Waals surface area contributed by atoms with Crippen LogP contribution in [0, 0.1) is 0 Å². The minimum absolute atomic E-state index is 0.285. The average molecular weight is 167 g/mol. The van der Waals surface area contributed by atoms with Crippen molar-refractivity contribution in [2.75, 3.05) is 12.9 Å². The summed E-state index contributed by atoms with van der Waals surface area (Å²) in [6.45, 7) is 0. The molecule has 6 heteroatoms. The summed E-state index contributed by atoms with van der Waals surface area (Å²) >= 11 is -2.04. The third kappa shape index (κ3) is 3.54. The van der Waals surface area contributed by atoms with Crippen molar-refractivity contribution in [1.82, 2.24) is 0 Å². The topological polar surface area (TPSA) is 89.6 Å². The van der Waals surface area contributed by atoms with Gasteiger partial charge in [-0.15, -0.1) is 0 Å². The molecule has 0 amide bonds. The van der Waals surface area contributed by atoms with Crippen LogP contribution in [-0.2, 0) is 20.6 Å². The molecule has 10 heavy (non-hydrogen) atoms. The molecule has 5 nitrogen and oxygen atoms in total. The summed E-state index contributed by atoms with van der Waals surface area (Å²) in [7, 11) is 1.17. The second-order valence-corrected chi connectivity index (χ2v) is 2.59. The van der Waals surface area contributed by atoms with Crippen LogP contribution in [0.15, 0.2) is 0 Å². The van der Waals surface area contributed by atoms with E-state index in [4.69, 9.17) is 10.3 Å². The molecule has 2 atom stereocenters. The number of rotatable bonds is 3. The number of ether oxygens (including phenoxy) is 1. The Bertz CT molecular complexity index is 148. The molecule has 3 N–H and O–H groups in total. The summed E-state index contributed by atoms with van der Waals surface area (Å²) in [6, 6.07) is -1.00. The molecule has 0 aliphatic rings. The van der Waals surface area contributed by atoms with Crippen molar-refractivity contribution in [2.24, 2.45) is 5.73 Å². The Hall–Kier alpha value is -0.460. The predicted octanol–water partition coefficient (Wildman–Crippen LogP) is -1.29. The van der Waals surface area contributed by atoms with Gasteiger partial charge in [0.15, 0.2) is 11.1 Å². The maximum Gasteiger partial charge on any atom is 0.323 e. The van der Waals surface area contributed by atoms with Gasteiger partial charge in [-0.1, -0.05) is 0 Å². The van der Waals surface area contributed by atoms with E-state index in [0.29, 0.717) is 0 Å². The second kappa shape index (κ2) is 4.37. The number of carbonyl (C=O) groups excluding carboxylic acids is 1. The highest BCUT2D eigenvalue weighted by molar-refractivity contribution is 7.79. The van der Waals surface area contributed by atoms with E-state index in [1.54, 1.807) is 0 Å². The van der Waals surface area contributed by atoms with Gasteiger partial charge in [0.2, 0.25) is 0 Å². The lowest BCUT2D eigenvalue weighted by Crippen LogP contribution is -2.36. The Balaban J connectivity index is 3.72. The zero-order valence-corrected chi connectivity index (χ0v) is 6.26. The number of hydrogen-bond acceptors (Lipinski definition) is 4. The molecule has 0 radical (unpaired) electrons. The van der Waals surface area contributed by atoms with Crippen molar-refractivity contribution in [3.05, 3.63) is 0 Å².